The lowest BCUT2D eigenvalue weighted by atomic mass is 9.88. The highest BCUT2D eigenvalue weighted by atomic mass is 16.3. The van der Waals surface area contributed by atoms with Crippen molar-refractivity contribution in [3.05, 3.63) is 94.6 Å². The topological polar surface area (TPSA) is 72.8 Å². The first kappa shape index (κ1) is 16.5. The monoisotopic (exact) mass is 383 g/mol. The van der Waals surface area contributed by atoms with Crippen LogP contribution in [-0.2, 0) is 0 Å². The van der Waals surface area contributed by atoms with E-state index in [1.165, 1.54) is 0 Å². The fourth-order valence-electron chi connectivity index (χ4n) is 3.81. The number of allylic oxidation sites excluding steroid dienone is 6. The van der Waals surface area contributed by atoms with Gasteiger partial charge in [-0.25, -0.2) is 9.98 Å². The van der Waals surface area contributed by atoms with Crippen molar-refractivity contribution >= 4 is 23.6 Å². The second-order valence-electron chi connectivity index (χ2n) is 7.49. The van der Waals surface area contributed by atoms with E-state index >= 15 is 0 Å². The van der Waals surface area contributed by atoms with Crippen molar-refractivity contribution in [2.24, 2.45) is 9.98 Å². The number of aromatic amines is 1. The molecule has 3 atom stereocenters. The normalized spacial score (nSPS) is 34.4. The predicted octanol–water partition coefficient (Wildman–Crippen LogP) is 1.93. The zero-order valence-corrected chi connectivity index (χ0v) is 16.1. The number of aliphatic imine (C=N–C) groups is 2. The molecule has 29 heavy (non-hydrogen) atoms. The Morgan fingerprint density at radius 2 is 1.76 bits per heavy atom. The Morgan fingerprint density at radius 1 is 1.10 bits per heavy atom. The zero-order chi connectivity index (χ0) is 20.9. The van der Waals surface area contributed by atoms with Gasteiger partial charge >= 0.3 is 0 Å². The number of aliphatic hydroxyl groups is 1. The average Bonchev–Trinajstić information content (AvgIpc) is 3.47. The zero-order valence-electron chi connectivity index (χ0n) is 17.1. The first-order chi connectivity index (χ1) is 14.5. The van der Waals surface area contributed by atoms with Gasteiger partial charge < -0.3 is 15.4 Å². The highest BCUT2D eigenvalue weighted by molar-refractivity contribution is 6.20. The molecule has 144 valence electrons. The SMILES string of the molecule is [2H]C1C(C=C)=C2/C=C3/C=CC(=N3)/C=c3/cc/c([nH]3)=C/C3=NC(=C\C1(C(C)O)N2)/C=C3. The number of hydrogen-bond acceptors (Lipinski definition) is 4. The number of H-pyrrole nitrogens is 1. The second-order valence-corrected chi connectivity index (χ2v) is 7.49. The molecule has 0 aliphatic carbocycles. The first-order valence-electron chi connectivity index (χ1n) is 10.2. The third kappa shape index (κ3) is 3.19. The molecule has 5 nitrogen and oxygen atoms in total. The van der Waals surface area contributed by atoms with Gasteiger partial charge in [0.05, 0.1) is 34.5 Å². The lowest BCUT2D eigenvalue weighted by Gasteiger charge is -2.31. The van der Waals surface area contributed by atoms with E-state index in [0.29, 0.717) is 5.70 Å². The molecule has 0 radical (unpaired) electrons. The minimum absolute atomic E-state index is 0.704. The fourth-order valence-corrected chi connectivity index (χ4v) is 3.81. The third-order valence-electron chi connectivity index (χ3n) is 5.35. The lowest BCUT2D eigenvalue weighted by Crippen LogP contribution is -2.48. The summed E-state index contributed by atoms with van der Waals surface area (Å²) in [5.74, 6) is 0. The van der Waals surface area contributed by atoms with Gasteiger partial charge in [0.25, 0.3) is 0 Å². The van der Waals surface area contributed by atoms with E-state index in [0.717, 1.165) is 39.1 Å². The molecular formula is C24H22N4O. The van der Waals surface area contributed by atoms with Crippen LogP contribution in [0.1, 0.15) is 14.7 Å². The molecule has 4 aliphatic heterocycles. The Kier molecular flexibility index (Phi) is 3.74. The van der Waals surface area contributed by atoms with E-state index in [9.17, 15) is 5.11 Å². The van der Waals surface area contributed by atoms with E-state index in [4.69, 9.17) is 1.37 Å². The fraction of sp³-hybridized carbons (Fsp3) is 0.167. The van der Waals surface area contributed by atoms with Crippen molar-refractivity contribution in [1.82, 2.24) is 10.3 Å². The van der Waals surface area contributed by atoms with Gasteiger partial charge in [-0.3, -0.25) is 0 Å². The summed E-state index contributed by atoms with van der Waals surface area (Å²) < 4.78 is 8.89. The summed E-state index contributed by atoms with van der Waals surface area (Å²) in [7, 11) is 0. The van der Waals surface area contributed by atoms with E-state index in [1.807, 2.05) is 60.7 Å². The van der Waals surface area contributed by atoms with E-state index < -0.39 is 18.0 Å². The maximum atomic E-state index is 10.7. The second kappa shape index (κ2) is 6.57. The van der Waals surface area contributed by atoms with Crippen molar-refractivity contribution in [2.45, 2.75) is 25.0 Å². The van der Waals surface area contributed by atoms with Crippen LogP contribution in [0.25, 0.3) is 12.2 Å². The van der Waals surface area contributed by atoms with Crippen LogP contribution < -0.4 is 16.0 Å². The molecule has 4 aliphatic rings. The molecule has 3 N–H and O–H groups in total. The molecule has 8 bridgehead atoms. The smallest absolute Gasteiger partial charge is 0.0877 e. The minimum atomic E-state index is -1.02. The summed E-state index contributed by atoms with van der Waals surface area (Å²) in [4.78, 5) is 12.7. The predicted molar refractivity (Wildman–Crippen MR) is 118 cm³/mol. The summed E-state index contributed by atoms with van der Waals surface area (Å²) in [6.45, 7) is 5.59. The molecule has 5 rings (SSSR count). The Bertz CT molecular complexity index is 1280. The largest absolute Gasteiger partial charge is 0.391 e. The Labute approximate surface area is 170 Å². The van der Waals surface area contributed by atoms with Crippen LogP contribution in [-0.4, -0.2) is 33.2 Å². The maximum absolute atomic E-state index is 10.7. The van der Waals surface area contributed by atoms with E-state index in [-0.39, 0.29) is 0 Å². The summed E-state index contributed by atoms with van der Waals surface area (Å²) in [5, 5.41) is 16.0. The first-order valence-corrected chi connectivity index (χ1v) is 9.58. The van der Waals surface area contributed by atoms with Gasteiger partial charge in [-0.2, -0.15) is 0 Å². The lowest BCUT2D eigenvalue weighted by molar-refractivity contribution is 0.116. The van der Waals surface area contributed by atoms with E-state index in [1.54, 1.807) is 13.0 Å². The summed E-state index contributed by atoms with van der Waals surface area (Å²) in [6, 6.07) is 4.01. The van der Waals surface area contributed by atoms with Crippen molar-refractivity contribution in [2.75, 3.05) is 0 Å². The molecule has 5 heteroatoms. The van der Waals surface area contributed by atoms with Crippen molar-refractivity contribution in [1.29, 1.82) is 0 Å². The Hall–Kier alpha value is -3.44. The number of aromatic nitrogens is 1. The van der Waals surface area contributed by atoms with Gasteiger partial charge in [-0.05, 0) is 73.2 Å². The highest BCUT2D eigenvalue weighted by Crippen LogP contribution is 2.35. The molecule has 5 heterocycles. The minimum Gasteiger partial charge on any atom is -0.391 e. The third-order valence-corrected chi connectivity index (χ3v) is 5.35. The van der Waals surface area contributed by atoms with Crippen LogP contribution in [0.3, 0.4) is 0 Å². The van der Waals surface area contributed by atoms with Gasteiger partial charge in [-0.15, -0.1) is 0 Å². The summed E-state index contributed by atoms with van der Waals surface area (Å²) in [5.41, 5.74) is 3.55. The number of rotatable bonds is 2. The van der Waals surface area contributed by atoms with Crippen LogP contribution in [0, 0.1) is 0 Å². The van der Waals surface area contributed by atoms with Crippen LogP contribution in [0.5, 0.6) is 0 Å². The van der Waals surface area contributed by atoms with Crippen LogP contribution in [0.4, 0.5) is 0 Å². The number of nitrogens with one attached hydrogen (secondary N) is 2. The Balaban J connectivity index is 1.75. The van der Waals surface area contributed by atoms with Crippen LogP contribution in [0.15, 0.2) is 93.9 Å². The maximum Gasteiger partial charge on any atom is 0.0877 e. The number of aliphatic hydroxyl groups excluding tert-OH is 1. The average molecular weight is 383 g/mol. The number of hydrogen-bond donors (Lipinski definition) is 3. The van der Waals surface area contributed by atoms with Crippen molar-refractivity contribution < 1.29 is 6.48 Å². The van der Waals surface area contributed by atoms with Crippen LogP contribution >= 0.6 is 0 Å². The van der Waals surface area contributed by atoms with E-state index in [2.05, 4.69) is 26.9 Å². The van der Waals surface area contributed by atoms with Gasteiger partial charge in [0, 0.05) is 24.2 Å². The van der Waals surface area contributed by atoms with Crippen LogP contribution in [0.2, 0.25) is 0 Å². The molecule has 1 aromatic rings. The molecule has 0 saturated carbocycles. The molecule has 0 spiro atoms. The van der Waals surface area contributed by atoms with Crippen molar-refractivity contribution in [3.63, 3.8) is 0 Å². The standard InChI is InChI=1S/C24H22N4O/c1-3-16-13-24(15(2)29)14-22-9-8-20(27-22)11-18-5-4-17(25-18)10-19-6-7-21(26-19)12-23(16)28-24/h3-12,14-15,25,28-29H,1,13H2,2H3/b17-10-,18-11-,21-12-,22-14-/i13D. The number of nitrogens with zero attached hydrogens (tertiary/aromatic N) is 2. The number of fused-ring (bicyclic) bond motifs is 6. The molecule has 0 fully saturated rings. The van der Waals surface area contributed by atoms with Gasteiger partial charge in [0.2, 0.25) is 0 Å². The molecule has 0 saturated heterocycles. The van der Waals surface area contributed by atoms with Gasteiger partial charge in [-0.1, -0.05) is 12.7 Å². The highest BCUT2D eigenvalue weighted by Gasteiger charge is 2.40. The Morgan fingerprint density at radius 3 is 2.41 bits per heavy atom. The molecule has 0 amide bonds. The summed E-state index contributed by atoms with van der Waals surface area (Å²) in [6.07, 6.45) is 15.5. The quantitative estimate of drug-likeness (QED) is 0.730. The summed E-state index contributed by atoms with van der Waals surface area (Å²) >= 11 is 0. The van der Waals surface area contributed by atoms with Crippen molar-refractivity contribution in [3.8, 4) is 0 Å². The molecule has 1 aromatic heterocycles. The van der Waals surface area contributed by atoms with Gasteiger partial charge in [0.15, 0.2) is 0 Å². The molecule has 3 unspecified atom stereocenters. The molecule has 0 aromatic carbocycles. The van der Waals surface area contributed by atoms with Gasteiger partial charge in [0.1, 0.15) is 0 Å². The molecular weight excluding hydrogens is 360 g/mol.